The van der Waals surface area contributed by atoms with Crippen LogP contribution in [0.4, 0.5) is 0 Å². The van der Waals surface area contributed by atoms with Crippen molar-refractivity contribution in [2.45, 2.75) is 6.10 Å². The molecule has 0 fully saturated rings. The Morgan fingerprint density at radius 2 is 1.89 bits per heavy atom. The van der Waals surface area contributed by atoms with Crippen LogP contribution in [-0.4, -0.2) is 33.2 Å². The molecule has 0 spiro atoms. The fourth-order valence-electron chi connectivity index (χ4n) is 1.56. The van der Waals surface area contributed by atoms with Crippen molar-refractivity contribution in [1.82, 2.24) is 4.98 Å². The summed E-state index contributed by atoms with van der Waals surface area (Å²) in [5.41, 5.74) is 0.486. The Balaban J connectivity index is 2.51. The molecule has 0 aliphatic carbocycles. The maximum Gasteiger partial charge on any atom is 0.356 e. The number of aromatic nitrogens is 1. The zero-order chi connectivity index (χ0) is 14.0. The number of ether oxygens (including phenoxy) is 1. The van der Waals surface area contributed by atoms with Gasteiger partial charge in [0.1, 0.15) is 5.75 Å². The largest absolute Gasteiger partial charge is 0.478 e. The van der Waals surface area contributed by atoms with Crippen LogP contribution in [0.2, 0.25) is 5.02 Å². The van der Waals surface area contributed by atoms with Crippen molar-refractivity contribution >= 4 is 34.4 Å². The fraction of sp³-hybridized carbons (Fsp3) is 0.0833. The van der Waals surface area contributed by atoms with Crippen LogP contribution < -0.4 is 4.74 Å². The van der Waals surface area contributed by atoms with Gasteiger partial charge >= 0.3 is 11.9 Å². The highest BCUT2D eigenvalue weighted by Crippen LogP contribution is 2.31. The molecule has 0 radical (unpaired) electrons. The van der Waals surface area contributed by atoms with Crippen molar-refractivity contribution in [1.29, 1.82) is 0 Å². The lowest BCUT2D eigenvalue weighted by Crippen LogP contribution is -2.35. The maximum atomic E-state index is 10.8. The summed E-state index contributed by atoms with van der Waals surface area (Å²) in [5.74, 6) is -3.13. The van der Waals surface area contributed by atoms with Gasteiger partial charge in [-0.2, -0.15) is 0 Å². The number of nitrogens with zero attached hydrogens (tertiary/aromatic N) is 1. The Hall–Kier alpha value is -2.34. The number of aliphatic carboxylic acids is 2. The predicted molar refractivity (Wildman–Crippen MR) is 66.4 cm³/mol. The Bertz CT molecular complexity index is 638. The van der Waals surface area contributed by atoms with Crippen molar-refractivity contribution in [2.75, 3.05) is 0 Å². The molecule has 7 heteroatoms. The van der Waals surface area contributed by atoms with E-state index < -0.39 is 18.0 Å². The van der Waals surface area contributed by atoms with Crippen LogP contribution in [0.15, 0.2) is 30.5 Å². The molecular weight excluding hydrogens is 274 g/mol. The van der Waals surface area contributed by atoms with Crippen LogP contribution in [0.25, 0.3) is 10.9 Å². The number of benzene rings is 1. The fourth-order valence-corrected chi connectivity index (χ4v) is 1.83. The summed E-state index contributed by atoms with van der Waals surface area (Å²) in [5, 5.41) is 18.3. The molecule has 0 saturated carbocycles. The van der Waals surface area contributed by atoms with Crippen molar-refractivity contribution in [3.8, 4) is 5.75 Å². The van der Waals surface area contributed by atoms with Gasteiger partial charge in [0.25, 0.3) is 6.10 Å². The highest BCUT2D eigenvalue weighted by molar-refractivity contribution is 6.35. The smallest absolute Gasteiger partial charge is 0.356 e. The van der Waals surface area contributed by atoms with Crippen molar-refractivity contribution in [3.05, 3.63) is 35.5 Å². The second-order valence-electron chi connectivity index (χ2n) is 3.62. The predicted octanol–water partition coefficient (Wildman–Crippen LogP) is 1.80. The Morgan fingerprint density at radius 1 is 1.21 bits per heavy atom. The van der Waals surface area contributed by atoms with Crippen LogP contribution in [0.3, 0.4) is 0 Å². The topological polar surface area (TPSA) is 96.7 Å². The third kappa shape index (κ3) is 2.58. The number of hydrogen-bond acceptors (Lipinski definition) is 4. The van der Waals surface area contributed by atoms with Gasteiger partial charge in [-0.05, 0) is 18.2 Å². The highest BCUT2D eigenvalue weighted by Gasteiger charge is 2.28. The molecule has 1 aromatic heterocycles. The van der Waals surface area contributed by atoms with E-state index in [4.69, 9.17) is 26.6 Å². The number of rotatable bonds is 4. The van der Waals surface area contributed by atoms with Gasteiger partial charge in [-0.1, -0.05) is 17.7 Å². The monoisotopic (exact) mass is 281 g/mol. The molecule has 98 valence electrons. The van der Waals surface area contributed by atoms with E-state index >= 15 is 0 Å². The third-order valence-electron chi connectivity index (χ3n) is 2.37. The first-order valence-electron chi connectivity index (χ1n) is 5.16. The van der Waals surface area contributed by atoms with E-state index in [0.29, 0.717) is 15.9 Å². The molecule has 0 bridgehead atoms. The molecule has 0 unspecified atom stereocenters. The minimum absolute atomic E-state index is 0.0606. The second kappa shape index (κ2) is 5.11. The van der Waals surface area contributed by atoms with Crippen LogP contribution in [0, 0.1) is 0 Å². The maximum absolute atomic E-state index is 10.8. The number of carbonyl (C=O) groups is 2. The zero-order valence-corrected chi connectivity index (χ0v) is 10.2. The average molecular weight is 282 g/mol. The van der Waals surface area contributed by atoms with Crippen LogP contribution in [0.5, 0.6) is 5.75 Å². The summed E-state index contributed by atoms with van der Waals surface area (Å²) in [4.78, 5) is 25.7. The van der Waals surface area contributed by atoms with E-state index in [-0.39, 0.29) is 5.75 Å². The number of carboxylic acids is 2. The summed E-state index contributed by atoms with van der Waals surface area (Å²) in [6.07, 6.45) is -0.615. The van der Waals surface area contributed by atoms with Gasteiger partial charge in [-0.15, -0.1) is 0 Å². The third-order valence-corrected chi connectivity index (χ3v) is 2.69. The van der Waals surface area contributed by atoms with Gasteiger partial charge in [0.2, 0.25) is 0 Å². The van der Waals surface area contributed by atoms with Gasteiger partial charge in [0.05, 0.1) is 15.9 Å². The lowest BCUT2D eigenvalue weighted by Gasteiger charge is -2.13. The number of carboxylic acid groups (broad SMARTS) is 2. The Kier molecular flexibility index (Phi) is 3.52. The first-order chi connectivity index (χ1) is 9.00. The van der Waals surface area contributed by atoms with Crippen molar-refractivity contribution in [2.24, 2.45) is 0 Å². The van der Waals surface area contributed by atoms with E-state index in [0.717, 1.165) is 0 Å². The number of hydrogen-bond donors (Lipinski definition) is 2. The molecule has 0 aliphatic rings. The van der Waals surface area contributed by atoms with E-state index in [1.165, 1.54) is 12.3 Å². The van der Waals surface area contributed by atoms with Crippen molar-refractivity contribution < 1.29 is 24.5 Å². The first-order valence-corrected chi connectivity index (χ1v) is 5.54. The molecule has 0 amide bonds. The number of pyridine rings is 1. The SMILES string of the molecule is O=C(O)C(Oc1ccnc2cccc(Cl)c12)C(=O)O. The number of halogens is 1. The van der Waals surface area contributed by atoms with Crippen molar-refractivity contribution in [3.63, 3.8) is 0 Å². The molecule has 0 aliphatic heterocycles. The van der Waals surface area contributed by atoms with Gasteiger partial charge in [0.15, 0.2) is 0 Å². The average Bonchev–Trinajstić information content (AvgIpc) is 2.35. The molecule has 2 N–H and O–H groups in total. The van der Waals surface area contributed by atoms with Crippen LogP contribution in [0.1, 0.15) is 0 Å². The summed E-state index contributed by atoms with van der Waals surface area (Å²) < 4.78 is 5.01. The zero-order valence-electron chi connectivity index (χ0n) is 9.41. The van der Waals surface area contributed by atoms with Gasteiger partial charge in [-0.25, -0.2) is 9.59 Å². The van der Waals surface area contributed by atoms with E-state index in [2.05, 4.69) is 4.98 Å². The lowest BCUT2D eigenvalue weighted by atomic mass is 10.2. The minimum atomic E-state index is -2.00. The number of fused-ring (bicyclic) bond motifs is 1. The summed E-state index contributed by atoms with van der Waals surface area (Å²) in [6.45, 7) is 0. The first kappa shape index (κ1) is 13.1. The molecule has 2 rings (SSSR count). The second-order valence-corrected chi connectivity index (χ2v) is 4.02. The van der Waals surface area contributed by atoms with E-state index in [1.54, 1.807) is 18.2 Å². The molecule has 0 saturated heterocycles. The Labute approximate surface area is 112 Å². The molecule has 1 aromatic carbocycles. The van der Waals surface area contributed by atoms with Crippen LogP contribution in [-0.2, 0) is 9.59 Å². The normalized spacial score (nSPS) is 10.6. The highest BCUT2D eigenvalue weighted by atomic mass is 35.5. The molecule has 0 atom stereocenters. The van der Waals surface area contributed by atoms with Gasteiger partial charge < -0.3 is 14.9 Å². The lowest BCUT2D eigenvalue weighted by molar-refractivity contribution is -0.158. The summed E-state index contributed by atoms with van der Waals surface area (Å²) >= 11 is 5.99. The van der Waals surface area contributed by atoms with Gasteiger partial charge in [-0.3, -0.25) is 4.98 Å². The summed E-state index contributed by atoms with van der Waals surface area (Å²) in [7, 11) is 0. The quantitative estimate of drug-likeness (QED) is 0.830. The summed E-state index contributed by atoms with van der Waals surface area (Å²) in [6, 6.07) is 6.28. The molecule has 2 aromatic rings. The molecule has 1 heterocycles. The van der Waals surface area contributed by atoms with Gasteiger partial charge in [0, 0.05) is 6.20 Å². The standard InChI is InChI=1S/C12H8ClNO5/c13-6-2-1-3-7-9(6)8(4-5-14-7)19-10(11(15)16)12(17)18/h1-5,10H,(H,15,16)(H,17,18). The van der Waals surface area contributed by atoms with Crippen LogP contribution >= 0.6 is 11.6 Å². The minimum Gasteiger partial charge on any atom is -0.478 e. The molecule has 6 nitrogen and oxygen atoms in total. The van der Waals surface area contributed by atoms with E-state index in [9.17, 15) is 9.59 Å². The molecule has 19 heavy (non-hydrogen) atoms. The Morgan fingerprint density at radius 3 is 2.53 bits per heavy atom. The van der Waals surface area contributed by atoms with E-state index in [1.807, 2.05) is 0 Å². The molecular formula is C12H8ClNO5.